The lowest BCUT2D eigenvalue weighted by Gasteiger charge is -2.07. The number of aromatic carboxylic acids is 1. The number of carboxylic acids is 1. The molecule has 2 N–H and O–H groups in total. The van der Waals surface area contributed by atoms with E-state index in [0.29, 0.717) is 5.56 Å². The van der Waals surface area contributed by atoms with Crippen LogP contribution in [-0.2, 0) is 0 Å². The quantitative estimate of drug-likeness (QED) is 0.411. The highest BCUT2D eigenvalue weighted by Gasteiger charge is 2.10. The highest BCUT2D eigenvalue weighted by molar-refractivity contribution is 5.95. The molecule has 0 heterocycles. The number of hydrogen-bond acceptors (Lipinski definition) is 2. The fraction of sp³-hybridized carbons (Fsp3) is 0. The molecule has 0 saturated heterocycles. The molecule has 4 aromatic carbocycles. The summed E-state index contributed by atoms with van der Waals surface area (Å²) in [5, 5.41) is 21.1. The molecule has 0 saturated carbocycles. The lowest BCUT2D eigenvalue weighted by molar-refractivity contribution is 0.0696. The molecule has 0 atom stereocenters. The van der Waals surface area contributed by atoms with Gasteiger partial charge in [0.05, 0.1) is 5.56 Å². The van der Waals surface area contributed by atoms with Gasteiger partial charge in [0.25, 0.3) is 0 Å². The van der Waals surface area contributed by atoms with E-state index >= 15 is 0 Å². The number of carboxylic acid groups (broad SMARTS) is 1. The Morgan fingerprint density at radius 3 is 2.24 bits per heavy atom. The van der Waals surface area contributed by atoms with Gasteiger partial charge < -0.3 is 10.2 Å². The van der Waals surface area contributed by atoms with Gasteiger partial charge in [0.1, 0.15) is 11.6 Å². The van der Waals surface area contributed by atoms with E-state index in [0.717, 1.165) is 27.5 Å². The van der Waals surface area contributed by atoms with Crippen LogP contribution in [0.4, 0.5) is 4.39 Å². The number of hydrogen-bond donors (Lipinski definition) is 2. The Morgan fingerprint density at radius 2 is 1.48 bits per heavy atom. The summed E-state index contributed by atoms with van der Waals surface area (Å²) < 4.78 is 13.2. The van der Waals surface area contributed by atoms with Gasteiger partial charge in [0, 0.05) is 0 Å². The maximum atomic E-state index is 13.2. The predicted octanol–water partition coefficient (Wildman–Crippen LogP) is 6.22. The zero-order valence-corrected chi connectivity index (χ0v) is 15.3. The van der Waals surface area contributed by atoms with E-state index in [4.69, 9.17) is 0 Å². The Bertz CT molecular complexity index is 1240. The van der Waals surface area contributed by atoms with Gasteiger partial charge in [-0.25, -0.2) is 9.18 Å². The van der Waals surface area contributed by atoms with E-state index in [1.807, 2.05) is 30.3 Å². The molecule has 0 aliphatic carbocycles. The van der Waals surface area contributed by atoms with Crippen molar-refractivity contribution in [3.05, 3.63) is 101 Å². The van der Waals surface area contributed by atoms with Crippen LogP contribution in [0, 0.1) is 5.82 Å². The lowest BCUT2D eigenvalue weighted by atomic mass is 9.98. The molecule has 29 heavy (non-hydrogen) atoms. The molecule has 0 fully saturated rings. The Hall–Kier alpha value is -3.92. The number of rotatable bonds is 4. The SMILES string of the molecule is O=C(O)c1ccc(-c2ccc(F)cc2)cc1/C=C/c1ccc2ccc(O)cc2c1. The first-order valence-electron chi connectivity index (χ1n) is 9.04. The minimum atomic E-state index is -1.02. The largest absolute Gasteiger partial charge is 0.508 e. The molecule has 142 valence electrons. The van der Waals surface area contributed by atoms with Crippen molar-refractivity contribution in [3.63, 3.8) is 0 Å². The molecular weight excluding hydrogens is 367 g/mol. The molecular formula is C25H17FO3. The summed E-state index contributed by atoms with van der Waals surface area (Å²) in [6.07, 6.45) is 3.58. The molecule has 0 spiro atoms. The van der Waals surface area contributed by atoms with Crippen molar-refractivity contribution in [2.75, 3.05) is 0 Å². The zero-order valence-electron chi connectivity index (χ0n) is 15.3. The maximum Gasteiger partial charge on any atom is 0.336 e. The normalized spacial score (nSPS) is 11.2. The van der Waals surface area contributed by atoms with E-state index in [9.17, 15) is 19.4 Å². The molecule has 4 rings (SSSR count). The number of benzene rings is 4. The third kappa shape index (κ3) is 4.01. The van der Waals surface area contributed by atoms with E-state index in [2.05, 4.69) is 0 Å². The average molecular weight is 384 g/mol. The number of halogens is 1. The summed E-state index contributed by atoms with van der Waals surface area (Å²) in [5.74, 6) is -1.14. The van der Waals surface area contributed by atoms with Crippen molar-refractivity contribution in [1.82, 2.24) is 0 Å². The van der Waals surface area contributed by atoms with Gasteiger partial charge in [0.15, 0.2) is 0 Å². The monoisotopic (exact) mass is 384 g/mol. The molecule has 0 bridgehead atoms. The van der Waals surface area contributed by atoms with Crippen LogP contribution in [0.1, 0.15) is 21.5 Å². The fourth-order valence-corrected chi connectivity index (χ4v) is 3.26. The van der Waals surface area contributed by atoms with Crippen molar-refractivity contribution >= 4 is 28.9 Å². The summed E-state index contributed by atoms with van der Waals surface area (Å²) in [6.45, 7) is 0. The standard InChI is InChI=1S/C25H17FO3/c26-22-9-5-17(6-10-22)19-8-12-24(25(28)29)20(14-19)4-2-16-1-3-18-7-11-23(27)15-21(18)13-16/h1-15,27H,(H,28,29)/b4-2+. The first-order chi connectivity index (χ1) is 14.0. The average Bonchev–Trinajstić information content (AvgIpc) is 2.72. The number of fused-ring (bicyclic) bond motifs is 1. The third-order valence-corrected chi connectivity index (χ3v) is 4.76. The van der Waals surface area contributed by atoms with Gasteiger partial charge in [0.2, 0.25) is 0 Å². The Morgan fingerprint density at radius 1 is 0.759 bits per heavy atom. The van der Waals surface area contributed by atoms with Gasteiger partial charge in [-0.15, -0.1) is 0 Å². The third-order valence-electron chi connectivity index (χ3n) is 4.76. The molecule has 0 aromatic heterocycles. The first-order valence-corrected chi connectivity index (χ1v) is 9.04. The molecule has 4 heteroatoms. The van der Waals surface area contributed by atoms with E-state index in [1.165, 1.54) is 12.1 Å². The summed E-state index contributed by atoms with van der Waals surface area (Å²) in [4.78, 5) is 11.6. The number of phenols is 1. The Balaban J connectivity index is 1.73. The summed E-state index contributed by atoms with van der Waals surface area (Å²) >= 11 is 0. The second-order valence-corrected chi connectivity index (χ2v) is 6.74. The van der Waals surface area contributed by atoms with Crippen LogP contribution in [0.2, 0.25) is 0 Å². The van der Waals surface area contributed by atoms with Crippen molar-refractivity contribution in [3.8, 4) is 16.9 Å². The van der Waals surface area contributed by atoms with Crippen LogP contribution in [0.15, 0.2) is 78.9 Å². The first kappa shape index (κ1) is 18.4. The Labute approximate surface area is 167 Å². The highest BCUT2D eigenvalue weighted by Crippen LogP contribution is 2.26. The second kappa shape index (κ2) is 7.60. The molecule has 0 unspecified atom stereocenters. The van der Waals surface area contributed by atoms with Crippen molar-refractivity contribution < 1.29 is 19.4 Å². The van der Waals surface area contributed by atoms with Gasteiger partial charge in [-0.3, -0.25) is 0 Å². The molecule has 0 aliphatic heterocycles. The number of aromatic hydroxyl groups is 1. The van der Waals surface area contributed by atoms with Crippen LogP contribution < -0.4 is 0 Å². The summed E-state index contributed by atoms with van der Waals surface area (Å²) in [7, 11) is 0. The Kier molecular flexibility index (Phi) is 4.83. The van der Waals surface area contributed by atoms with E-state index in [1.54, 1.807) is 48.5 Å². The van der Waals surface area contributed by atoms with Crippen LogP contribution in [0.5, 0.6) is 5.75 Å². The fourth-order valence-electron chi connectivity index (χ4n) is 3.26. The topological polar surface area (TPSA) is 57.5 Å². The summed E-state index contributed by atoms with van der Waals surface area (Å²) in [6, 6.07) is 22.1. The van der Waals surface area contributed by atoms with Gasteiger partial charge in [-0.2, -0.15) is 0 Å². The van der Waals surface area contributed by atoms with Crippen LogP contribution in [0.25, 0.3) is 34.1 Å². The van der Waals surface area contributed by atoms with Crippen molar-refractivity contribution in [1.29, 1.82) is 0 Å². The van der Waals surface area contributed by atoms with E-state index in [-0.39, 0.29) is 17.1 Å². The van der Waals surface area contributed by atoms with Crippen LogP contribution in [-0.4, -0.2) is 16.2 Å². The van der Waals surface area contributed by atoms with Gasteiger partial charge in [-0.05, 0) is 75.5 Å². The van der Waals surface area contributed by atoms with Gasteiger partial charge >= 0.3 is 5.97 Å². The molecule has 3 nitrogen and oxygen atoms in total. The van der Waals surface area contributed by atoms with Crippen molar-refractivity contribution in [2.45, 2.75) is 0 Å². The molecule has 0 aliphatic rings. The smallest absolute Gasteiger partial charge is 0.336 e. The maximum absolute atomic E-state index is 13.2. The molecule has 4 aromatic rings. The zero-order chi connectivity index (χ0) is 20.4. The lowest BCUT2D eigenvalue weighted by Crippen LogP contribution is -1.99. The molecule has 0 radical (unpaired) electrons. The molecule has 0 amide bonds. The van der Waals surface area contributed by atoms with Gasteiger partial charge in [-0.1, -0.05) is 48.6 Å². The predicted molar refractivity (Wildman–Crippen MR) is 113 cm³/mol. The second-order valence-electron chi connectivity index (χ2n) is 6.74. The van der Waals surface area contributed by atoms with E-state index < -0.39 is 5.97 Å². The minimum absolute atomic E-state index is 0.186. The highest BCUT2D eigenvalue weighted by atomic mass is 19.1. The van der Waals surface area contributed by atoms with Crippen molar-refractivity contribution in [2.24, 2.45) is 0 Å². The summed E-state index contributed by atoms with van der Waals surface area (Å²) in [5.41, 5.74) is 3.23. The van der Waals surface area contributed by atoms with Crippen LogP contribution >= 0.6 is 0 Å². The van der Waals surface area contributed by atoms with Crippen LogP contribution in [0.3, 0.4) is 0 Å². The number of phenolic OH excluding ortho intramolecular Hbond substituents is 1. The number of carbonyl (C=O) groups is 1. The minimum Gasteiger partial charge on any atom is -0.508 e.